The maximum atomic E-state index is 12.8. The number of amides is 2. The maximum absolute atomic E-state index is 12.8. The van der Waals surface area contributed by atoms with Gasteiger partial charge in [-0.25, -0.2) is 0 Å². The lowest BCUT2D eigenvalue weighted by molar-refractivity contribution is -0.153. The van der Waals surface area contributed by atoms with Gasteiger partial charge in [-0.15, -0.1) is 0 Å². The second kappa shape index (κ2) is 6.30. The van der Waals surface area contributed by atoms with E-state index in [1.54, 1.807) is 4.90 Å². The summed E-state index contributed by atoms with van der Waals surface area (Å²) in [6.45, 7) is 10.9. The van der Waals surface area contributed by atoms with Gasteiger partial charge < -0.3 is 14.9 Å². The van der Waals surface area contributed by atoms with Gasteiger partial charge in [0.25, 0.3) is 0 Å². The van der Waals surface area contributed by atoms with Crippen molar-refractivity contribution in [2.75, 3.05) is 45.9 Å². The summed E-state index contributed by atoms with van der Waals surface area (Å²) in [4.78, 5) is 31.2. The number of aliphatic hydroxyl groups is 1. The van der Waals surface area contributed by atoms with E-state index in [0.29, 0.717) is 19.6 Å². The smallest absolute Gasteiger partial charge is 0.312 e. The molecule has 0 aromatic heterocycles. The van der Waals surface area contributed by atoms with Crippen molar-refractivity contribution in [2.45, 2.75) is 46.1 Å². The lowest BCUT2D eigenvalue weighted by Gasteiger charge is -2.39. The van der Waals surface area contributed by atoms with Crippen LogP contribution in [0.5, 0.6) is 0 Å². The largest absolute Gasteiger partial charge is 0.395 e. The summed E-state index contributed by atoms with van der Waals surface area (Å²) >= 11 is 0. The SMILES string of the molecule is CC1(C)CC2CC(C)(CN2C(=O)C(=O)N2CCN(CCO)CC2)C1. The summed E-state index contributed by atoms with van der Waals surface area (Å²) in [5.74, 6) is -0.648. The fraction of sp³-hybridized carbons (Fsp3) is 0.889. The normalized spacial score (nSPS) is 32.9. The van der Waals surface area contributed by atoms with Crippen LogP contribution in [0.4, 0.5) is 0 Å². The number of nitrogens with zero attached hydrogens (tertiary/aromatic N) is 3. The van der Waals surface area contributed by atoms with Gasteiger partial charge in [0.1, 0.15) is 0 Å². The van der Waals surface area contributed by atoms with Gasteiger partial charge in [0.15, 0.2) is 0 Å². The molecular formula is C18H31N3O3. The van der Waals surface area contributed by atoms with Crippen molar-refractivity contribution in [3.05, 3.63) is 0 Å². The van der Waals surface area contributed by atoms with Crippen LogP contribution >= 0.6 is 0 Å². The van der Waals surface area contributed by atoms with Crippen molar-refractivity contribution in [1.82, 2.24) is 14.7 Å². The van der Waals surface area contributed by atoms with E-state index >= 15 is 0 Å². The Morgan fingerprint density at radius 1 is 1.04 bits per heavy atom. The van der Waals surface area contributed by atoms with E-state index in [1.807, 2.05) is 4.90 Å². The fourth-order valence-electron chi connectivity index (χ4n) is 5.27. The van der Waals surface area contributed by atoms with Crippen molar-refractivity contribution in [1.29, 1.82) is 0 Å². The van der Waals surface area contributed by atoms with Gasteiger partial charge in [0.05, 0.1) is 6.61 Å². The Morgan fingerprint density at radius 3 is 2.33 bits per heavy atom. The number of aliphatic hydroxyl groups excluding tert-OH is 1. The molecule has 1 saturated carbocycles. The number of rotatable bonds is 2. The first-order chi connectivity index (χ1) is 11.2. The minimum Gasteiger partial charge on any atom is -0.395 e. The molecule has 2 unspecified atom stereocenters. The van der Waals surface area contributed by atoms with E-state index in [4.69, 9.17) is 5.11 Å². The molecule has 3 aliphatic rings. The molecule has 2 heterocycles. The molecule has 2 aliphatic heterocycles. The van der Waals surface area contributed by atoms with Crippen LogP contribution in [0, 0.1) is 10.8 Å². The predicted octanol–water partition coefficient (Wildman–Crippen LogP) is 0.550. The zero-order valence-electron chi connectivity index (χ0n) is 15.3. The van der Waals surface area contributed by atoms with Crippen molar-refractivity contribution >= 4 is 11.8 Å². The number of hydrogen-bond acceptors (Lipinski definition) is 4. The highest BCUT2D eigenvalue weighted by Crippen LogP contribution is 2.52. The number of hydrogen-bond donors (Lipinski definition) is 1. The third-order valence-electron chi connectivity index (χ3n) is 5.93. The molecule has 0 aromatic rings. The molecule has 0 aromatic carbocycles. The van der Waals surface area contributed by atoms with Gasteiger partial charge in [-0.05, 0) is 30.1 Å². The lowest BCUT2D eigenvalue weighted by atomic mass is 9.65. The summed E-state index contributed by atoms with van der Waals surface area (Å²) in [6.07, 6.45) is 3.14. The van der Waals surface area contributed by atoms with Crippen molar-refractivity contribution in [2.24, 2.45) is 10.8 Å². The molecule has 6 nitrogen and oxygen atoms in total. The highest BCUT2D eigenvalue weighted by atomic mass is 16.3. The van der Waals surface area contributed by atoms with Crippen LogP contribution in [0.2, 0.25) is 0 Å². The molecule has 0 spiro atoms. The topological polar surface area (TPSA) is 64.1 Å². The zero-order chi connectivity index (χ0) is 17.5. The predicted molar refractivity (Wildman–Crippen MR) is 91.3 cm³/mol. The van der Waals surface area contributed by atoms with E-state index in [9.17, 15) is 9.59 Å². The van der Waals surface area contributed by atoms with Crippen molar-refractivity contribution in [3.63, 3.8) is 0 Å². The summed E-state index contributed by atoms with van der Waals surface area (Å²) in [5, 5.41) is 9.00. The van der Waals surface area contributed by atoms with Gasteiger partial charge in [-0.3, -0.25) is 14.5 Å². The molecule has 1 N–H and O–H groups in total. The monoisotopic (exact) mass is 337 g/mol. The van der Waals surface area contributed by atoms with Gasteiger partial charge in [-0.2, -0.15) is 0 Å². The molecule has 6 heteroatoms. The van der Waals surface area contributed by atoms with E-state index in [1.165, 1.54) is 0 Å². The molecule has 2 saturated heterocycles. The fourth-order valence-corrected chi connectivity index (χ4v) is 5.27. The van der Waals surface area contributed by atoms with Crippen molar-refractivity contribution in [3.8, 4) is 0 Å². The first kappa shape index (κ1) is 17.7. The minimum atomic E-state index is -0.340. The number of carbonyl (C=O) groups is 2. The summed E-state index contributed by atoms with van der Waals surface area (Å²) < 4.78 is 0. The molecule has 1 aliphatic carbocycles. The maximum Gasteiger partial charge on any atom is 0.312 e. The second-order valence-corrected chi connectivity index (χ2v) is 9.00. The number of β-amino-alcohol motifs (C(OH)–C–C–N with tert-alkyl or cyclic N) is 1. The highest BCUT2D eigenvalue weighted by Gasteiger charge is 2.52. The van der Waals surface area contributed by atoms with Gasteiger partial charge in [-0.1, -0.05) is 20.8 Å². The first-order valence-corrected chi connectivity index (χ1v) is 9.16. The highest BCUT2D eigenvalue weighted by molar-refractivity contribution is 6.35. The third kappa shape index (κ3) is 3.45. The molecule has 2 atom stereocenters. The average molecular weight is 337 g/mol. The van der Waals surface area contributed by atoms with Crippen LogP contribution < -0.4 is 0 Å². The third-order valence-corrected chi connectivity index (χ3v) is 5.93. The number of piperazine rings is 1. The van der Waals surface area contributed by atoms with Gasteiger partial charge in [0.2, 0.25) is 0 Å². The van der Waals surface area contributed by atoms with Gasteiger partial charge in [0, 0.05) is 45.3 Å². The second-order valence-electron chi connectivity index (χ2n) is 9.00. The number of carbonyl (C=O) groups excluding carboxylic acids is 2. The van der Waals surface area contributed by atoms with Crippen LogP contribution in [0.25, 0.3) is 0 Å². The molecule has 0 radical (unpaired) electrons. The Bertz CT molecular complexity index is 514. The van der Waals surface area contributed by atoms with E-state index in [2.05, 4.69) is 25.7 Å². The Hall–Kier alpha value is -1.14. The zero-order valence-corrected chi connectivity index (χ0v) is 15.3. The lowest BCUT2D eigenvalue weighted by Crippen LogP contribution is -2.54. The Morgan fingerprint density at radius 2 is 1.71 bits per heavy atom. The number of likely N-dealkylation sites (tertiary alicyclic amines) is 1. The van der Waals surface area contributed by atoms with Crippen LogP contribution in [-0.4, -0.2) is 83.5 Å². The standard InChI is InChI=1S/C18H31N3O3/c1-17(2)10-14-11-18(3,12-17)13-21(14)16(24)15(23)20-6-4-19(5-7-20)8-9-22/h14,22H,4-13H2,1-3H3. The number of fused-ring (bicyclic) bond motifs is 2. The summed E-state index contributed by atoms with van der Waals surface area (Å²) in [5.41, 5.74) is 0.397. The first-order valence-electron chi connectivity index (χ1n) is 9.16. The average Bonchev–Trinajstić information content (AvgIpc) is 2.76. The van der Waals surface area contributed by atoms with E-state index in [0.717, 1.165) is 38.9 Å². The van der Waals surface area contributed by atoms with Crippen LogP contribution in [0.3, 0.4) is 0 Å². The molecule has 2 bridgehead atoms. The van der Waals surface area contributed by atoms with Crippen LogP contribution in [0.1, 0.15) is 40.0 Å². The Labute approximate surface area is 144 Å². The summed E-state index contributed by atoms with van der Waals surface area (Å²) in [7, 11) is 0. The minimum absolute atomic E-state index is 0.136. The van der Waals surface area contributed by atoms with Crippen LogP contribution in [-0.2, 0) is 9.59 Å². The Kier molecular flexibility index (Phi) is 4.64. The molecular weight excluding hydrogens is 306 g/mol. The molecule has 3 rings (SSSR count). The quantitative estimate of drug-likeness (QED) is 0.748. The molecule has 3 fully saturated rings. The van der Waals surface area contributed by atoms with Crippen LogP contribution in [0.15, 0.2) is 0 Å². The molecule has 136 valence electrons. The summed E-state index contributed by atoms with van der Waals surface area (Å²) in [6, 6.07) is 0.214. The van der Waals surface area contributed by atoms with E-state index < -0.39 is 0 Å². The van der Waals surface area contributed by atoms with E-state index in [-0.39, 0.29) is 35.3 Å². The molecule has 2 amide bonds. The van der Waals surface area contributed by atoms with Crippen molar-refractivity contribution < 1.29 is 14.7 Å². The molecule has 24 heavy (non-hydrogen) atoms. The van der Waals surface area contributed by atoms with Gasteiger partial charge >= 0.3 is 11.8 Å². The Balaban J connectivity index is 1.62.